The molecule has 1 rings (SSSR count). The first-order chi connectivity index (χ1) is 5.54. The minimum absolute atomic E-state index is 0.185. The number of pyridine rings is 1. The number of hydrogen-bond acceptors (Lipinski definition) is 1. The fourth-order valence-electron chi connectivity index (χ4n) is 0.985. The lowest BCUT2D eigenvalue weighted by molar-refractivity contribution is 0.571. The van der Waals surface area contributed by atoms with Gasteiger partial charge in [0.15, 0.2) is 0 Å². The first kappa shape index (κ1) is 9.93. The van der Waals surface area contributed by atoms with Crippen LogP contribution in [0, 0.1) is 5.95 Å². The quantitative estimate of drug-likeness (QED) is 0.694. The summed E-state index contributed by atoms with van der Waals surface area (Å²) in [6.45, 7) is 3.90. The molecule has 1 nitrogen and oxygen atoms in total. The van der Waals surface area contributed by atoms with Crippen LogP contribution in [-0.4, -0.2) is 4.98 Å². The lowest BCUT2D eigenvalue weighted by atomic mass is 10.1. The molecule has 0 aliphatic rings. The van der Waals surface area contributed by atoms with Crippen LogP contribution in [0.25, 0.3) is 0 Å². The topological polar surface area (TPSA) is 12.9 Å². The standard InChI is InChI=1S/C8H8BrClFN/c1-4(2)6-5(10)3-12-8(11)7(6)9/h3-4H,1-2H3. The van der Waals surface area contributed by atoms with Crippen molar-refractivity contribution in [2.45, 2.75) is 19.8 Å². The van der Waals surface area contributed by atoms with Gasteiger partial charge in [0.25, 0.3) is 0 Å². The number of halogens is 3. The van der Waals surface area contributed by atoms with Crippen molar-refractivity contribution in [1.29, 1.82) is 0 Å². The van der Waals surface area contributed by atoms with E-state index in [4.69, 9.17) is 11.6 Å². The van der Waals surface area contributed by atoms with Gasteiger partial charge < -0.3 is 0 Å². The van der Waals surface area contributed by atoms with Crippen molar-refractivity contribution in [3.8, 4) is 0 Å². The van der Waals surface area contributed by atoms with Crippen LogP contribution in [0.15, 0.2) is 10.7 Å². The molecule has 0 saturated heterocycles. The average molecular weight is 253 g/mol. The van der Waals surface area contributed by atoms with Crippen molar-refractivity contribution in [3.63, 3.8) is 0 Å². The molecule has 0 amide bonds. The van der Waals surface area contributed by atoms with E-state index in [1.54, 1.807) is 0 Å². The Hall–Kier alpha value is -0.150. The molecule has 12 heavy (non-hydrogen) atoms. The SMILES string of the molecule is CC(C)c1c(Cl)cnc(F)c1Br. The molecular weight excluding hydrogens is 244 g/mol. The van der Waals surface area contributed by atoms with Crippen molar-refractivity contribution in [3.05, 3.63) is 27.2 Å². The lowest BCUT2D eigenvalue weighted by Gasteiger charge is -2.09. The van der Waals surface area contributed by atoms with Gasteiger partial charge in [-0.25, -0.2) is 4.98 Å². The zero-order valence-electron chi connectivity index (χ0n) is 6.74. The van der Waals surface area contributed by atoms with E-state index in [2.05, 4.69) is 20.9 Å². The zero-order chi connectivity index (χ0) is 9.30. The molecule has 0 aliphatic heterocycles. The van der Waals surface area contributed by atoms with Gasteiger partial charge in [-0.3, -0.25) is 0 Å². The van der Waals surface area contributed by atoms with E-state index < -0.39 is 5.95 Å². The maximum atomic E-state index is 12.9. The Balaban J connectivity index is 3.33. The molecule has 0 aliphatic carbocycles. The summed E-state index contributed by atoms with van der Waals surface area (Å²) in [7, 11) is 0. The highest BCUT2D eigenvalue weighted by molar-refractivity contribution is 9.10. The third-order valence-corrected chi connectivity index (χ3v) is 2.60. The molecule has 0 N–H and O–H groups in total. The van der Waals surface area contributed by atoms with Gasteiger partial charge in [0.2, 0.25) is 5.95 Å². The molecule has 0 fully saturated rings. The molecule has 0 aromatic carbocycles. The Morgan fingerprint density at radius 1 is 1.58 bits per heavy atom. The Morgan fingerprint density at radius 2 is 2.17 bits per heavy atom. The van der Waals surface area contributed by atoms with E-state index in [1.807, 2.05) is 13.8 Å². The largest absolute Gasteiger partial charge is 0.227 e. The summed E-state index contributed by atoms with van der Waals surface area (Å²) in [4.78, 5) is 3.48. The maximum Gasteiger partial charge on any atom is 0.227 e. The molecular formula is C8H8BrClFN. The average Bonchev–Trinajstić information content (AvgIpc) is 1.97. The van der Waals surface area contributed by atoms with Crippen LogP contribution in [0.3, 0.4) is 0 Å². The van der Waals surface area contributed by atoms with E-state index >= 15 is 0 Å². The van der Waals surface area contributed by atoms with Gasteiger partial charge in [-0.15, -0.1) is 0 Å². The molecule has 0 bridgehead atoms. The first-order valence-corrected chi connectivity index (χ1v) is 4.70. The van der Waals surface area contributed by atoms with Crippen molar-refractivity contribution in [2.75, 3.05) is 0 Å². The number of hydrogen-bond donors (Lipinski definition) is 0. The molecule has 1 heterocycles. The highest BCUT2D eigenvalue weighted by Gasteiger charge is 2.13. The smallest absolute Gasteiger partial charge is 0.226 e. The van der Waals surface area contributed by atoms with Crippen molar-refractivity contribution in [2.24, 2.45) is 0 Å². The van der Waals surface area contributed by atoms with Crippen LogP contribution in [0.2, 0.25) is 5.02 Å². The second-order valence-electron chi connectivity index (χ2n) is 2.78. The van der Waals surface area contributed by atoms with E-state index in [0.717, 1.165) is 5.56 Å². The molecule has 1 aromatic rings. The van der Waals surface area contributed by atoms with Crippen LogP contribution in [0.5, 0.6) is 0 Å². The minimum Gasteiger partial charge on any atom is -0.226 e. The molecule has 0 atom stereocenters. The normalized spacial score (nSPS) is 10.8. The maximum absolute atomic E-state index is 12.9. The molecule has 1 aromatic heterocycles. The highest BCUT2D eigenvalue weighted by atomic mass is 79.9. The van der Waals surface area contributed by atoms with E-state index in [1.165, 1.54) is 6.20 Å². The summed E-state index contributed by atoms with van der Waals surface area (Å²) < 4.78 is 13.3. The van der Waals surface area contributed by atoms with Gasteiger partial charge in [0, 0.05) is 6.20 Å². The number of nitrogens with zero attached hydrogens (tertiary/aromatic N) is 1. The van der Waals surface area contributed by atoms with Crippen molar-refractivity contribution < 1.29 is 4.39 Å². The van der Waals surface area contributed by atoms with Crippen LogP contribution < -0.4 is 0 Å². The van der Waals surface area contributed by atoms with E-state index in [9.17, 15) is 4.39 Å². The van der Waals surface area contributed by atoms with Crippen molar-refractivity contribution in [1.82, 2.24) is 4.98 Å². The zero-order valence-corrected chi connectivity index (χ0v) is 9.08. The van der Waals surface area contributed by atoms with E-state index in [0.29, 0.717) is 9.50 Å². The molecule has 0 unspecified atom stereocenters. The lowest BCUT2D eigenvalue weighted by Crippen LogP contribution is -1.96. The van der Waals surface area contributed by atoms with Gasteiger partial charge in [0.05, 0.1) is 9.50 Å². The van der Waals surface area contributed by atoms with Gasteiger partial charge in [0.1, 0.15) is 0 Å². The third-order valence-electron chi connectivity index (χ3n) is 1.54. The molecule has 0 radical (unpaired) electrons. The van der Waals surface area contributed by atoms with Crippen LogP contribution >= 0.6 is 27.5 Å². The number of rotatable bonds is 1. The predicted octanol–water partition coefficient (Wildman–Crippen LogP) is 3.76. The summed E-state index contributed by atoms with van der Waals surface area (Å²) >= 11 is 8.95. The summed E-state index contributed by atoms with van der Waals surface area (Å²) in [5, 5.41) is 0.498. The fraction of sp³-hybridized carbons (Fsp3) is 0.375. The molecule has 4 heteroatoms. The second-order valence-corrected chi connectivity index (χ2v) is 3.98. The summed E-state index contributed by atoms with van der Waals surface area (Å²) in [5.41, 5.74) is 0.768. The Kier molecular flexibility index (Phi) is 3.07. The van der Waals surface area contributed by atoms with Gasteiger partial charge in [-0.1, -0.05) is 25.4 Å². The monoisotopic (exact) mass is 251 g/mol. The van der Waals surface area contributed by atoms with Gasteiger partial charge >= 0.3 is 0 Å². The van der Waals surface area contributed by atoms with Crippen LogP contribution in [0.4, 0.5) is 4.39 Å². The van der Waals surface area contributed by atoms with Crippen molar-refractivity contribution >= 4 is 27.5 Å². The minimum atomic E-state index is -0.511. The Morgan fingerprint density at radius 3 is 2.58 bits per heavy atom. The Labute approximate surface area is 84.1 Å². The third kappa shape index (κ3) is 1.77. The van der Waals surface area contributed by atoms with Crippen LogP contribution in [-0.2, 0) is 0 Å². The van der Waals surface area contributed by atoms with Gasteiger partial charge in [-0.2, -0.15) is 4.39 Å². The predicted molar refractivity (Wildman–Crippen MR) is 51.0 cm³/mol. The summed E-state index contributed by atoms with van der Waals surface area (Å²) in [5.74, 6) is -0.326. The Bertz CT molecular complexity index is 301. The summed E-state index contributed by atoms with van der Waals surface area (Å²) in [6.07, 6.45) is 1.33. The molecule has 0 saturated carbocycles. The van der Waals surface area contributed by atoms with E-state index in [-0.39, 0.29) is 5.92 Å². The molecule has 0 spiro atoms. The van der Waals surface area contributed by atoms with Gasteiger partial charge in [-0.05, 0) is 27.4 Å². The first-order valence-electron chi connectivity index (χ1n) is 3.53. The second kappa shape index (κ2) is 3.71. The fourth-order valence-corrected chi connectivity index (χ4v) is 2.23. The van der Waals surface area contributed by atoms with Crippen LogP contribution in [0.1, 0.15) is 25.3 Å². The number of aromatic nitrogens is 1. The molecule has 66 valence electrons. The summed E-state index contributed by atoms with van der Waals surface area (Å²) in [6, 6.07) is 0. The highest BCUT2D eigenvalue weighted by Crippen LogP contribution is 2.31.